The van der Waals surface area contributed by atoms with Crippen LogP contribution >= 0.6 is 0 Å². The van der Waals surface area contributed by atoms with Crippen LogP contribution in [-0.2, 0) is 9.53 Å². The summed E-state index contributed by atoms with van der Waals surface area (Å²) in [5, 5.41) is 0. The molecule has 0 aliphatic heterocycles. The molecule has 2 heteroatoms. The molecular weight excluding hydrogens is 164 g/mol. The fraction of sp³-hybridized carbons (Fsp3) is 0.727. The molecule has 0 aliphatic carbocycles. The number of carbonyl (C=O) groups is 1. The maximum Gasteiger partial charge on any atom is 0.330 e. The van der Waals surface area contributed by atoms with Crippen molar-refractivity contribution in [1.29, 1.82) is 0 Å². The lowest BCUT2D eigenvalue weighted by Crippen LogP contribution is -2.02. The Kier molecular flexibility index (Phi) is 7.36. The molecule has 0 unspecified atom stereocenters. The third-order valence-corrected chi connectivity index (χ3v) is 1.91. The maximum atomic E-state index is 11.1. The molecule has 0 heterocycles. The Morgan fingerprint density at radius 3 is 2.54 bits per heavy atom. The van der Waals surface area contributed by atoms with E-state index in [1.54, 1.807) is 6.08 Å². The lowest BCUT2D eigenvalue weighted by molar-refractivity contribution is -0.137. The zero-order chi connectivity index (χ0) is 10.1. The fourth-order valence-corrected chi connectivity index (χ4v) is 0.870. The Morgan fingerprint density at radius 2 is 2.00 bits per heavy atom. The molecule has 0 N–H and O–H groups in total. The highest BCUT2D eigenvalue weighted by Gasteiger charge is 1.97. The van der Waals surface area contributed by atoms with Gasteiger partial charge in [-0.1, -0.05) is 32.3 Å². The number of rotatable bonds is 6. The molecule has 0 aromatic rings. The number of hydrogen-bond donors (Lipinski definition) is 0. The Morgan fingerprint density at radius 1 is 1.31 bits per heavy atom. The maximum absolute atomic E-state index is 11.1. The molecule has 2 nitrogen and oxygen atoms in total. The van der Waals surface area contributed by atoms with E-state index in [1.165, 1.54) is 0 Å². The molecule has 76 valence electrons. The Balaban J connectivity index is 3.51. The summed E-state index contributed by atoms with van der Waals surface area (Å²) in [5.41, 5.74) is 1.07. The van der Waals surface area contributed by atoms with E-state index < -0.39 is 0 Å². The van der Waals surface area contributed by atoms with Crippen molar-refractivity contribution >= 4 is 5.97 Å². The van der Waals surface area contributed by atoms with E-state index in [1.807, 2.05) is 13.8 Å². The van der Waals surface area contributed by atoms with Crippen LogP contribution in [0.5, 0.6) is 0 Å². The quantitative estimate of drug-likeness (QED) is 0.360. The molecule has 13 heavy (non-hydrogen) atoms. The Hall–Kier alpha value is -0.790. The number of unbranched alkanes of at least 4 members (excludes halogenated alkanes) is 2. The molecular formula is C11H20O2. The summed E-state index contributed by atoms with van der Waals surface area (Å²) >= 11 is 0. The topological polar surface area (TPSA) is 26.3 Å². The summed E-state index contributed by atoms with van der Waals surface area (Å²) in [6.45, 7) is 6.65. The molecule has 0 saturated carbocycles. The van der Waals surface area contributed by atoms with Gasteiger partial charge in [0.05, 0.1) is 6.61 Å². The minimum absolute atomic E-state index is 0.199. The molecule has 0 fully saturated rings. The molecule has 0 rings (SSSR count). The molecule has 0 bridgehead atoms. The number of allylic oxidation sites excluding steroid dienone is 1. The molecule has 0 spiro atoms. The standard InChI is InChI=1S/C11H20O2/c1-4-6-7-8-13-11(12)9-10(3)5-2/h9H,4-8H2,1-3H3. The highest BCUT2D eigenvalue weighted by Crippen LogP contribution is 1.99. The number of ether oxygens (including phenoxy) is 1. The minimum atomic E-state index is -0.199. The van der Waals surface area contributed by atoms with Crippen molar-refractivity contribution in [3.8, 4) is 0 Å². The van der Waals surface area contributed by atoms with Crippen molar-refractivity contribution in [2.75, 3.05) is 6.61 Å². The summed E-state index contributed by atoms with van der Waals surface area (Å²) in [6.07, 6.45) is 5.74. The van der Waals surface area contributed by atoms with Crippen molar-refractivity contribution in [3.63, 3.8) is 0 Å². The summed E-state index contributed by atoms with van der Waals surface area (Å²) in [4.78, 5) is 11.1. The fourth-order valence-electron chi connectivity index (χ4n) is 0.870. The van der Waals surface area contributed by atoms with Crippen molar-refractivity contribution in [1.82, 2.24) is 0 Å². The van der Waals surface area contributed by atoms with Gasteiger partial charge in [-0.25, -0.2) is 4.79 Å². The SMILES string of the molecule is CCCCCOC(=O)C=C(C)CC. The van der Waals surface area contributed by atoms with Gasteiger partial charge < -0.3 is 4.74 Å². The van der Waals surface area contributed by atoms with Gasteiger partial charge in [-0.3, -0.25) is 0 Å². The highest BCUT2D eigenvalue weighted by molar-refractivity contribution is 5.82. The first-order chi connectivity index (χ1) is 6.20. The average molecular weight is 184 g/mol. The molecule has 0 radical (unpaired) electrons. The van der Waals surface area contributed by atoms with Gasteiger partial charge in [0, 0.05) is 6.08 Å². The van der Waals surface area contributed by atoms with Gasteiger partial charge in [0.15, 0.2) is 0 Å². The zero-order valence-corrected chi connectivity index (χ0v) is 8.93. The normalized spacial score (nSPS) is 11.5. The lowest BCUT2D eigenvalue weighted by atomic mass is 10.2. The van der Waals surface area contributed by atoms with Crippen LogP contribution in [0.3, 0.4) is 0 Å². The van der Waals surface area contributed by atoms with Gasteiger partial charge in [-0.05, 0) is 19.8 Å². The monoisotopic (exact) mass is 184 g/mol. The first kappa shape index (κ1) is 12.2. The van der Waals surface area contributed by atoms with Crippen molar-refractivity contribution in [2.45, 2.75) is 46.5 Å². The second-order valence-electron chi connectivity index (χ2n) is 3.22. The predicted molar refractivity (Wildman–Crippen MR) is 54.5 cm³/mol. The van der Waals surface area contributed by atoms with E-state index in [0.717, 1.165) is 31.3 Å². The van der Waals surface area contributed by atoms with E-state index in [-0.39, 0.29) is 5.97 Å². The van der Waals surface area contributed by atoms with Crippen LogP contribution in [-0.4, -0.2) is 12.6 Å². The van der Waals surface area contributed by atoms with Crippen LogP contribution in [0, 0.1) is 0 Å². The van der Waals surface area contributed by atoms with E-state index >= 15 is 0 Å². The predicted octanol–water partition coefficient (Wildman–Crippen LogP) is 3.08. The number of carbonyl (C=O) groups excluding carboxylic acids is 1. The third-order valence-electron chi connectivity index (χ3n) is 1.91. The minimum Gasteiger partial charge on any atom is -0.463 e. The molecule has 0 amide bonds. The molecule has 0 saturated heterocycles. The summed E-state index contributed by atoms with van der Waals surface area (Å²) in [6, 6.07) is 0. The number of hydrogen-bond acceptors (Lipinski definition) is 2. The van der Waals surface area contributed by atoms with Gasteiger partial charge in [0.2, 0.25) is 0 Å². The Bertz CT molecular complexity index is 171. The highest BCUT2D eigenvalue weighted by atomic mass is 16.5. The van der Waals surface area contributed by atoms with Gasteiger partial charge in [-0.2, -0.15) is 0 Å². The Labute approximate surface area is 81.0 Å². The van der Waals surface area contributed by atoms with Gasteiger partial charge in [-0.15, -0.1) is 0 Å². The van der Waals surface area contributed by atoms with E-state index in [2.05, 4.69) is 6.92 Å². The molecule has 0 aliphatic rings. The summed E-state index contributed by atoms with van der Waals surface area (Å²) < 4.78 is 5.00. The van der Waals surface area contributed by atoms with Crippen molar-refractivity contribution in [2.24, 2.45) is 0 Å². The molecule has 0 aromatic heterocycles. The lowest BCUT2D eigenvalue weighted by Gasteiger charge is -2.01. The molecule has 0 aromatic carbocycles. The third kappa shape index (κ3) is 7.57. The van der Waals surface area contributed by atoms with Crippen molar-refractivity contribution < 1.29 is 9.53 Å². The summed E-state index contributed by atoms with van der Waals surface area (Å²) in [7, 11) is 0. The second kappa shape index (κ2) is 7.84. The molecule has 0 atom stereocenters. The van der Waals surface area contributed by atoms with Crippen LogP contribution in [0.25, 0.3) is 0 Å². The van der Waals surface area contributed by atoms with Crippen LogP contribution < -0.4 is 0 Å². The van der Waals surface area contributed by atoms with Crippen LogP contribution in [0.2, 0.25) is 0 Å². The van der Waals surface area contributed by atoms with E-state index in [0.29, 0.717) is 6.61 Å². The van der Waals surface area contributed by atoms with E-state index in [4.69, 9.17) is 4.74 Å². The van der Waals surface area contributed by atoms with Crippen LogP contribution in [0.1, 0.15) is 46.5 Å². The van der Waals surface area contributed by atoms with Gasteiger partial charge >= 0.3 is 5.97 Å². The second-order valence-corrected chi connectivity index (χ2v) is 3.22. The van der Waals surface area contributed by atoms with Gasteiger partial charge in [0.1, 0.15) is 0 Å². The smallest absolute Gasteiger partial charge is 0.330 e. The zero-order valence-electron chi connectivity index (χ0n) is 8.93. The van der Waals surface area contributed by atoms with E-state index in [9.17, 15) is 4.79 Å². The van der Waals surface area contributed by atoms with Crippen molar-refractivity contribution in [3.05, 3.63) is 11.6 Å². The first-order valence-electron chi connectivity index (χ1n) is 5.04. The first-order valence-corrected chi connectivity index (χ1v) is 5.04. The van der Waals surface area contributed by atoms with Crippen LogP contribution in [0.15, 0.2) is 11.6 Å². The average Bonchev–Trinajstić information content (AvgIpc) is 2.12. The largest absolute Gasteiger partial charge is 0.463 e. The van der Waals surface area contributed by atoms with Gasteiger partial charge in [0.25, 0.3) is 0 Å². The number of esters is 1. The van der Waals surface area contributed by atoms with Crippen LogP contribution in [0.4, 0.5) is 0 Å². The summed E-state index contributed by atoms with van der Waals surface area (Å²) in [5.74, 6) is -0.199.